The van der Waals surface area contributed by atoms with Gasteiger partial charge in [-0.3, -0.25) is 15.0 Å². The van der Waals surface area contributed by atoms with Crippen LogP contribution < -0.4 is 10.2 Å². The maximum absolute atomic E-state index is 11.1. The molecule has 0 spiro atoms. The second kappa shape index (κ2) is 8.66. The highest BCUT2D eigenvalue weighted by atomic mass is 16.6. The van der Waals surface area contributed by atoms with Crippen LogP contribution in [0.5, 0.6) is 0 Å². The van der Waals surface area contributed by atoms with Crippen molar-refractivity contribution in [1.29, 1.82) is 0 Å². The molecule has 8 nitrogen and oxygen atoms in total. The van der Waals surface area contributed by atoms with Crippen LogP contribution in [0.2, 0.25) is 0 Å². The Labute approximate surface area is 169 Å². The van der Waals surface area contributed by atoms with Crippen LogP contribution in [0, 0.1) is 10.1 Å². The van der Waals surface area contributed by atoms with Gasteiger partial charge in [0.05, 0.1) is 4.92 Å². The van der Waals surface area contributed by atoms with Gasteiger partial charge in [-0.1, -0.05) is 18.2 Å². The molecule has 1 saturated heterocycles. The van der Waals surface area contributed by atoms with Crippen LogP contribution in [0.15, 0.2) is 67.0 Å². The van der Waals surface area contributed by atoms with Crippen molar-refractivity contribution < 1.29 is 4.92 Å². The standard InChI is InChI=1S/C21H22N6O2/c28-27(29)19-4-3-11-23-21(19)24-18-8-6-17(7-9-18)16-25-12-14-26(15-13-25)20-5-1-2-10-22-20/h1-11H,12-16H2,(H,23,24). The summed E-state index contributed by atoms with van der Waals surface area (Å²) in [5.41, 5.74) is 1.94. The molecule has 148 valence electrons. The summed E-state index contributed by atoms with van der Waals surface area (Å²) in [6, 6.07) is 16.9. The summed E-state index contributed by atoms with van der Waals surface area (Å²) in [5.74, 6) is 1.28. The lowest BCUT2D eigenvalue weighted by atomic mass is 10.1. The summed E-state index contributed by atoms with van der Waals surface area (Å²) < 4.78 is 0. The lowest BCUT2D eigenvalue weighted by Gasteiger charge is -2.35. The smallest absolute Gasteiger partial charge is 0.311 e. The summed E-state index contributed by atoms with van der Waals surface area (Å²) >= 11 is 0. The van der Waals surface area contributed by atoms with Crippen molar-refractivity contribution >= 4 is 23.0 Å². The minimum absolute atomic E-state index is 0.0395. The predicted octanol–water partition coefficient (Wildman–Crippen LogP) is 3.45. The van der Waals surface area contributed by atoms with Gasteiger partial charge in [-0.25, -0.2) is 9.97 Å². The molecule has 3 aromatic rings. The first kappa shape index (κ1) is 18.8. The number of nitro groups is 1. The number of nitrogens with zero attached hydrogens (tertiary/aromatic N) is 5. The zero-order chi connectivity index (χ0) is 20.1. The van der Waals surface area contributed by atoms with Gasteiger partial charge in [0, 0.05) is 56.9 Å². The van der Waals surface area contributed by atoms with Gasteiger partial charge in [0.15, 0.2) is 0 Å². The first-order valence-electron chi connectivity index (χ1n) is 9.53. The van der Waals surface area contributed by atoms with Crippen LogP contribution >= 0.6 is 0 Å². The number of benzene rings is 1. The third-order valence-electron chi connectivity index (χ3n) is 4.95. The Morgan fingerprint density at radius 3 is 2.38 bits per heavy atom. The molecule has 2 aromatic heterocycles. The second-order valence-electron chi connectivity index (χ2n) is 6.90. The summed E-state index contributed by atoms with van der Waals surface area (Å²) in [7, 11) is 0. The highest BCUT2D eigenvalue weighted by Gasteiger charge is 2.18. The molecule has 0 amide bonds. The van der Waals surface area contributed by atoms with Crippen LogP contribution in [0.4, 0.5) is 23.0 Å². The van der Waals surface area contributed by atoms with E-state index >= 15 is 0 Å². The van der Waals surface area contributed by atoms with Gasteiger partial charge in [0.1, 0.15) is 5.82 Å². The highest BCUT2D eigenvalue weighted by Crippen LogP contribution is 2.25. The molecule has 0 bridgehead atoms. The molecule has 1 aliphatic rings. The molecule has 0 saturated carbocycles. The third kappa shape index (κ3) is 4.67. The normalized spacial score (nSPS) is 14.6. The quantitative estimate of drug-likeness (QED) is 0.509. The van der Waals surface area contributed by atoms with Crippen LogP contribution in [0.1, 0.15) is 5.56 Å². The molecule has 8 heteroatoms. The van der Waals surface area contributed by atoms with Gasteiger partial charge < -0.3 is 10.2 Å². The van der Waals surface area contributed by atoms with Gasteiger partial charge >= 0.3 is 5.69 Å². The minimum Gasteiger partial charge on any atom is -0.354 e. The van der Waals surface area contributed by atoms with E-state index in [4.69, 9.17) is 0 Å². The van der Waals surface area contributed by atoms with Crippen molar-refractivity contribution in [2.75, 3.05) is 36.4 Å². The molecule has 3 heterocycles. The number of aromatic nitrogens is 2. The monoisotopic (exact) mass is 390 g/mol. The molecular weight excluding hydrogens is 368 g/mol. The lowest BCUT2D eigenvalue weighted by Crippen LogP contribution is -2.46. The molecule has 0 atom stereocenters. The topological polar surface area (TPSA) is 87.4 Å². The van der Waals surface area contributed by atoms with E-state index in [0.29, 0.717) is 0 Å². The van der Waals surface area contributed by atoms with Gasteiger partial charge in [-0.15, -0.1) is 0 Å². The number of hydrogen-bond donors (Lipinski definition) is 1. The maximum atomic E-state index is 11.1. The van der Waals surface area contributed by atoms with E-state index in [9.17, 15) is 10.1 Å². The molecule has 0 radical (unpaired) electrons. The van der Waals surface area contributed by atoms with Gasteiger partial charge in [-0.2, -0.15) is 0 Å². The number of nitrogens with one attached hydrogen (secondary N) is 1. The molecule has 4 rings (SSSR count). The SMILES string of the molecule is O=[N+]([O-])c1cccnc1Nc1ccc(CN2CCN(c3ccccn3)CC2)cc1. The Bertz CT molecular complexity index is 956. The van der Waals surface area contributed by atoms with Crippen LogP contribution in [0.25, 0.3) is 0 Å². The average molecular weight is 390 g/mol. The fourth-order valence-electron chi connectivity index (χ4n) is 3.40. The molecule has 29 heavy (non-hydrogen) atoms. The molecule has 1 aromatic carbocycles. The first-order valence-corrected chi connectivity index (χ1v) is 9.53. The highest BCUT2D eigenvalue weighted by molar-refractivity contribution is 5.65. The second-order valence-corrected chi connectivity index (χ2v) is 6.90. The molecule has 1 aliphatic heterocycles. The fourth-order valence-corrected chi connectivity index (χ4v) is 3.40. The number of pyridine rings is 2. The molecular formula is C21H22N6O2. The van der Waals surface area contributed by atoms with Crippen molar-refractivity contribution in [2.24, 2.45) is 0 Å². The van der Waals surface area contributed by atoms with Gasteiger partial charge in [0.25, 0.3) is 0 Å². The van der Waals surface area contributed by atoms with Gasteiger partial charge in [0.2, 0.25) is 5.82 Å². The van der Waals surface area contributed by atoms with Crippen LogP contribution in [-0.2, 0) is 6.54 Å². The Morgan fingerprint density at radius 2 is 1.69 bits per heavy atom. The predicted molar refractivity (Wildman–Crippen MR) is 112 cm³/mol. The van der Waals surface area contributed by atoms with Crippen LogP contribution in [-0.4, -0.2) is 46.0 Å². The van der Waals surface area contributed by atoms with Crippen molar-refractivity contribution in [3.63, 3.8) is 0 Å². The van der Waals surface area contributed by atoms with Crippen molar-refractivity contribution in [1.82, 2.24) is 14.9 Å². The minimum atomic E-state index is -0.436. The molecule has 0 unspecified atom stereocenters. The van der Waals surface area contributed by atoms with Crippen molar-refractivity contribution in [3.8, 4) is 0 Å². The van der Waals surface area contributed by atoms with E-state index in [1.807, 2.05) is 48.7 Å². The summed E-state index contributed by atoms with van der Waals surface area (Å²) in [4.78, 5) is 23.9. The third-order valence-corrected chi connectivity index (χ3v) is 4.95. The number of hydrogen-bond acceptors (Lipinski definition) is 7. The van der Waals surface area contributed by atoms with Crippen molar-refractivity contribution in [2.45, 2.75) is 6.54 Å². The molecule has 0 aliphatic carbocycles. The molecule has 1 N–H and O–H groups in total. The average Bonchev–Trinajstić information content (AvgIpc) is 2.76. The van der Waals surface area contributed by atoms with E-state index in [1.165, 1.54) is 17.8 Å². The van der Waals surface area contributed by atoms with Crippen LogP contribution in [0.3, 0.4) is 0 Å². The molecule has 1 fully saturated rings. The summed E-state index contributed by atoms with van der Waals surface area (Å²) in [6.45, 7) is 4.76. The van der Waals surface area contributed by atoms with Gasteiger partial charge in [-0.05, 0) is 35.9 Å². The van der Waals surface area contributed by atoms with E-state index in [0.717, 1.165) is 44.2 Å². The Kier molecular flexibility index (Phi) is 5.62. The fraction of sp³-hybridized carbons (Fsp3) is 0.238. The lowest BCUT2D eigenvalue weighted by molar-refractivity contribution is -0.384. The maximum Gasteiger partial charge on any atom is 0.311 e. The number of anilines is 3. The van der Waals surface area contributed by atoms with E-state index in [-0.39, 0.29) is 11.5 Å². The summed E-state index contributed by atoms with van der Waals surface area (Å²) in [5, 5.41) is 14.1. The summed E-state index contributed by atoms with van der Waals surface area (Å²) in [6.07, 6.45) is 3.37. The van der Waals surface area contributed by atoms with E-state index < -0.39 is 4.92 Å². The van der Waals surface area contributed by atoms with Crippen molar-refractivity contribution in [3.05, 3.63) is 82.7 Å². The Hall–Kier alpha value is -3.52. The largest absolute Gasteiger partial charge is 0.354 e. The number of piperazine rings is 1. The Balaban J connectivity index is 1.33. The first-order chi connectivity index (χ1) is 14.2. The van der Waals surface area contributed by atoms with E-state index in [2.05, 4.69) is 25.1 Å². The number of rotatable bonds is 6. The Morgan fingerprint density at radius 1 is 0.931 bits per heavy atom. The zero-order valence-electron chi connectivity index (χ0n) is 15.9. The van der Waals surface area contributed by atoms with E-state index in [1.54, 1.807) is 6.07 Å². The zero-order valence-corrected chi connectivity index (χ0v) is 15.9.